The third kappa shape index (κ3) is 49.6. The van der Waals surface area contributed by atoms with Crippen LogP contribution in [0.1, 0.15) is 425 Å². The zero-order chi connectivity index (χ0) is 69.4. The Morgan fingerprint density at radius 1 is 0.333 bits per heavy atom. The molecule has 0 bridgehead atoms. The van der Waals surface area contributed by atoms with Crippen molar-refractivity contribution in [2.24, 2.45) is 0 Å². The first-order chi connectivity index (χ1) is 47.1. The molecule has 2 heterocycles. The van der Waals surface area contributed by atoms with Crippen molar-refractivity contribution in [1.82, 2.24) is 5.32 Å². The van der Waals surface area contributed by atoms with Gasteiger partial charge in [-0.15, -0.1) is 0 Å². The fourth-order valence-electron chi connectivity index (χ4n) is 14.7. The summed E-state index contributed by atoms with van der Waals surface area (Å²) < 4.78 is 23.0. The summed E-state index contributed by atoms with van der Waals surface area (Å²) in [5.74, 6) is -0.194. The van der Waals surface area contributed by atoms with Gasteiger partial charge in [-0.05, 0) is 12.8 Å². The maximum atomic E-state index is 13.4. The first kappa shape index (κ1) is 91.1. The molecule has 12 unspecified atom stereocenters. The van der Waals surface area contributed by atoms with Crippen LogP contribution in [0.15, 0.2) is 0 Å². The number of hydrogen-bond donors (Lipinski definition) is 9. The highest BCUT2D eigenvalue weighted by molar-refractivity contribution is 5.76. The quantitative estimate of drug-likeness (QED) is 0.0259. The van der Waals surface area contributed by atoms with E-state index in [2.05, 4.69) is 19.2 Å². The molecule has 2 aliphatic heterocycles. The minimum Gasteiger partial charge on any atom is -0.394 e. The van der Waals surface area contributed by atoms with E-state index in [0.29, 0.717) is 12.8 Å². The second-order valence-electron chi connectivity index (χ2n) is 30.3. The van der Waals surface area contributed by atoms with Gasteiger partial charge >= 0.3 is 0 Å². The highest BCUT2D eigenvalue weighted by Crippen LogP contribution is 2.31. The molecular weight excluding hydrogens is 1210 g/mol. The molecule has 0 saturated carbocycles. The summed E-state index contributed by atoms with van der Waals surface area (Å²) in [7, 11) is 0. The lowest BCUT2D eigenvalue weighted by molar-refractivity contribution is -0.359. The number of carbonyl (C=O) groups is 1. The fourth-order valence-corrected chi connectivity index (χ4v) is 14.7. The molecule has 0 aromatic rings. The van der Waals surface area contributed by atoms with Crippen LogP contribution in [0.5, 0.6) is 0 Å². The summed E-state index contributed by atoms with van der Waals surface area (Å²) >= 11 is 0. The molecule has 9 N–H and O–H groups in total. The minimum absolute atomic E-state index is 0.194. The molecule has 2 fully saturated rings. The van der Waals surface area contributed by atoms with Crippen LogP contribution in [-0.4, -0.2) is 140 Å². The molecule has 572 valence electrons. The molecule has 0 spiro atoms. The normalized spacial score (nSPS) is 22.1. The lowest BCUT2D eigenvalue weighted by Gasteiger charge is -2.46. The number of nitrogens with one attached hydrogen (secondary N) is 1. The average molecular weight is 1370 g/mol. The van der Waals surface area contributed by atoms with E-state index < -0.39 is 86.8 Å². The maximum absolute atomic E-state index is 13.4. The zero-order valence-corrected chi connectivity index (χ0v) is 62.9. The third-order valence-corrected chi connectivity index (χ3v) is 21.3. The molecule has 0 aliphatic carbocycles. The van der Waals surface area contributed by atoms with Crippen LogP contribution in [0, 0.1) is 0 Å². The van der Waals surface area contributed by atoms with Crippen LogP contribution in [-0.2, 0) is 23.7 Å². The topological polar surface area (TPSA) is 228 Å². The predicted octanol–water partition coefficient (Wildman–Crippen LogP) is 19.5. The number of unbranched alkanes of at least 4 members (excludes halogenated alkanes) is 60. The van der Waals surface area contributed by atoms with Crippen molar-refractivity contribution in [2.75, 3.05) is 19.8 Å². The van der Waals surface area contributed by atoms with Crippen LogP contribution < -0.4 is 5.32 Å². The SMILES string of the molecule is CCCCCCCCCCCCCCCCCCCCCCCCCCCCCCCCCCCC(=O)NC(COC1OC(CO)C(OC2OC(CO)C(O)C(O)C2O)C(O)C1O)C(O)CCCCCCCCCCCCCCCCCCCCCCCCCCCCCCC. The molecule has 0 aromatic carbocycles. The summed E-state index contributed by atoms with van der Waals surface area (Å²) in [6.45, 7) is 2.95. The highest BCUT2D eigenvalue weighted by Gasteiger charge is 2.51. The van der Waals surface area contributed by atoms with Crippen molar-refractivity contribution in [2.45, 2.75) is 498 Å². The fraction of sp³-hybridized carbons (Fsp3) is 0.988. The molecule has 14 heteroatoms. The van der Waals surface area contributed by atoms with Gasteiger partial charge < -0.3 is 65.1 Å². The maximum Gasteiger partial charge on any atom is 0.220 e. The van der Waals surface area contributed by atoms with E-state index in [4.69, 9.17) is 18.9 Å². The van der Waals surface area contributed by atoms with E-state index in [9.17, 15) is 45.6 Å². The van der Waals surface area contributed by atoms with Crippen molar-refractivity contribution in [3.8, 4) is 0 Å². The first-order valence-electron chi connectivity index (χ1n) is 42.3. The van der Waals surface area contributed by atoms with Gasteiger partial charge in [0.15, 0.2) is 12.6 Å². The van der Waals surface area contributed by atoms with Crippen molar-refractivity contribution < 1.29 is 64.6 Å². The van der Waals surface area contributed by atoms with E-state index in [1.807, 2.05) is 0 Å². The van der Waals surface area contributed by atoms with Gasteiger partial charge in [0.25, 0.3) is 0 Å². The molecule has 1 amide bonds. The summed E-state index contributed by atoms with van der Waals surface area (Å²) in [6, 6.07) is -0.826. The molecule has 2 saturated heterocycles. The summed E-state index contributed by atoms with van der Waals surface area (Å²) in [5, 5.41) is 87.9. The van der Waals surface area contributed by atoms with E-state index in [1.165, 1.54) is 347 Å². The highest BCUT2D eigenvalue weighted by atomic mass is 16.7. The van der Waals surface area contributed by atoms with Gasteiger partial charge in [0.05, 0.1) is 32.0 Å². The number of aliphatic hydroxyl groups excluding tert-OH is 8. The van der Waals surface area contributed by atoms with Gasteiger partial charge in [0.1, 0.15) is 48.8 Å². The second kappa shape index (κ2) is 67.2. The number of ether oxygens (including phenoxy) is 4. The van der Waals surface area contributed by atoms with Crippen LogP contribution in [0.4, 0.5) is 0 Å². The lowest BCUT2D eigenvalue weighted by atomic mass is 9.97. The minimum atomic E-state index is -1.78. The van der Waals surface area contributed by atoms with Crippen LogP contribution in [0.3, 0.4) is 0 Å². The Morgan fingerprint density at radius 2 is 0.594 bits per heavy atom. The largest absolute Gasteiger partial charge is 0.394 e. The van der Waals surface area contributed by atoms with E-state index in [-0.39, 0.29) is 12.5 Å². The summed E-state index contributed by atoms with van der Waals surface area (Å²) in [5.41, 5.74) is 0. The Balaban J connectivity index is 1.58. The Morgan fingerprint density at radius 3 is 0.885 bits per heavy atom. The van der Waals surface area contributed by atoms with E-state index in [0.717, 1.165) is 51.4 Å². The summed E-state index contributed by atoms with van der Waals surface area (Å²) in [6.07, 6.45) is 67.4. The zero-order valence-electron chi connectivity index (χ0n) is 62.9. The van der Waals surface area contributed by atoms with Gasteiger partial charge in [-0.1, -0.05) is 406 Å². The number of carbonyl (C=O) groups excluding carboxylic acids is 1. The Labute approximate surface area is 591 Å². The van der Waals surface area contributed by atoms with Gasteiger partial charge in [-0.3, -0.25) is 4.79 Å². The second-order valence-corrected chi connectivity index (χ2v) is 30.3. The molecule has 2 aliphatic rings. The average Bonchev–Trinajstić information content (AvgIpc) is 0.812. The number of amides is 1. The van der Waals surface area contributed by atoms with Crippen LogP contribution >= 0.6 is 0 Å². The van der Waals surface area contributed by atoms with Gasteiger partial charge in [0, 0.05) is 6.42 Å². The van der Waals surface area contributed by atoms with Gasteiger partial charge in [-0.2, -0.15) is 0 Å². The Kier molecular flexibility index (Phi) is 63.7. The molecule has 14 nitrogen and oxygen atoms in total. The monoisotopic (exact) mass is 1370 g/mol. The standard InChI is InChI=1S/C82H161NO13/c1-3-5-7-9-11-13-15-17-19-21-23-25-27-29-31-33-34-35-36-38-40-42-44-46-48-50-52-54-56-58-60-62-64-66-74(87)83-70(69-93-81-79(92)77(90)80(73(68-85)95-81)96-82-78(91)76(89)75(88)72(67-84)94-82)71(86)65-63-61-59-57-55-53-51-49-47-45-43-41-39-37-32-30-28-26-24-22-20-18-16-14-12-10-8-6-4-2/h70-73,75-82,84-86,88-92H,3-69H2,1-2H3,(H,83,87). The van der Waals surface area contributed by atoms with E-state index >= 15 is 0 Å². The predicted molar refractivity (Wildman–Crippen MR) is 397 cm³/mol. The number of hydrogen-bond acceptors (Lipinski definition) is 13. The smallest absolute Gasteiger partial charge is 0.220 e. The van der Waals surface area contributed by atoms with Crippen molar-refractivity contribution in [3.63, 3.8) is 0 Å². The van der Waals surface area contributed by atoms with Gasteiger partial charge in [0.2, 0.25) is 5.91 Å². The summed E-state index contributed by atoms with van der Waals surface area (Å²) in [4.78, 5) is 13.4. The third-order valence-electron chi connectivity index (χ3n) is 21.3. The van der Waals surface area contributed by atoms with Crippen molar-refractivity contribution in [1.29, 1.82) is 0 Å². The number of aliphatic hydroxyl groups is 8. The Bertz CT molecular complexity index is 1610. The van der Waals surface area contributed by atoms with Gasteiger partial charge in [-0.25, -0.2) is 0 Å². The number of rotatable bonds is 73. The molecule has 2 rings (SSSR count). The molecule has 96 heavy (non-hydrogen) atoms. The van der Waals surface area contributed by atoms with Crippen molar-refractivity contribution >= 4 is 5.91 Å². The van der Waals surface area contributed by atoms with Crippen LogP contribution in [0.2, 0.25) is 0 Å². The molecular formula is C82H161NO13. The van der Waals surface area contributed by atoms with Crippen molar-refractivity contribution in [3.05, 3.63) is 0 Å². The molecule has 12 atom stereocenters. The van der Waals surface area contributed by atoms with Crippen LogP contribution in [0.25, 0.3) is 0 Å². The van der Waals surface area contributed by atoms with E-state index in [1.54, 1.807) is 0 Å². The first-order valence-corrected chi connectivity index (χ1v) is 42.3. The Hall–Kier alpha value is -1.01. The lowest BCUT2D eigenvalue weighted by Crippen LogP contribution is -2.65. The molecule has 0 aromatic heterocycles. The molecule has 0 radical (unpaired) electrons.